The number of halogens is 3. The molecule has 7 nitrogen and oxygen atoms in total. The van der Waals surface area contributed by atoms with E-state index in [0.717, 1.165) is 17.7 Å². The number of para-hydroxylation sites is 1. The van der Waals surface area contributed by atoms with Crippen LogP contribution in [0.5, 0.6) is 5.75 Å². The van der Waals surface area contributed by atoms with Crippen LogP contribution in [0.25, 0.3) is 11.4 Å². The monoisotopic (exact) mass is 460 g/mol. The summed E-state index contributed by atoms with van der Waals surface area (Å²) in [5.41, 5.74) is 0.446. The van der Waals surface area contributed by atoms with E-state index in [9.17, 15) is 18.0 Å². The van der Waals surface area contributed by atoms with Crippen molar-refractivity contribution in [1.29, 1.82) is 0 Å². The molecule has 1 fully saturated rings. The summed E-state index contributed by atoms with van der Waals surface area (Å²) in [6.07, 6.45) is -4.44. The number of nitrogens with zero attached hydrogens (tertiary/aromatic N) is 4. The fourth-order valence-electron chi connectivity index (χ4n) is 3.57. The van der Waals surface area contributed by atoms with Gasteiger partial charge in [-0.1, -0.05) is 35.5 Å². The second-order valence-corrected chi connectivity index (χ2v) is 7.80. The standard InChI is InChI=1S/C23H23F3N4O3/c1-16-5-2-3-8-19(16)32-15-21(31)30-11-9-29(10-12-30)14-20-27-22(28-33-20)17-6-4-7-18(13-17)23(24,25)26/h2-8,13H,9-12,14-15H2,1H3. The maximum Gasteiger partial charge on any atom is 0.416 e. The zero-order valence-corrected chi connectivity index (χ0v) is 18.0. The Kier molecular flexibility index (Phi) is 6.64. The van der Waals surface area contributed by atoms with E-state index in [4.69, 9.17) is 9.26 Å². The molecule has 2 heterocycles. The Morgan fingerprint density at radius 1 is 1.09 bits per heavy atom. The van der Waals surface area contributed by atoms with Crippen LogP contribution in [0.2, 0.25) is 0 Å². The van der Waals surface area contributed by atoms with Gasteiger partial charge in [0.05, 0.1) is 12.1 Å². The minimum Gasteiger partial charge on any atom is -0.484 e. The second kappa shape index (κ2) is 9.62. The normalized spacial score (nSPS) is 15.0. The number of benzene rings is 2. The van der Waals surface area contributed by atoms with E-state index in [1.165, 1.54) is 12.1 Å². The van der Waals surface area contributed by atoms with Crippen molar-refractivity contribution >= 4 is 5.91 Å². The molecule has 1 aromatic heterocycles. The molecule has 2 aromatic carbocycles. The Morgan fingerprint density at radius 2 is 1.85 bits per heavy atom. The molecule has 0 N–H and O–H groups in total. The van der Waals surface area contributed by atoms with E-state index >= 15 is 0 Å². The summed E-state index contributed by atoms with van der Waals surface area (Å²) in [5, 5.41) is 3.82. The Balaban J connectivity index is 1.28. The zero-order valence-electron chi connectivity index (χ0n) is 18.0. The van der Waals surface area contributed by atoms with E-state index in [1.807, 2.05) is 31.2 Å². The zero-order chi connectivity index (χ0) is 23.4. The topological polar surface area (TPSA) is 71.7 Å². The minimum absolute atomic E-state index is 0.0190. The second-order valence-electron chi connectivity index (χ2n) is 7.80. The molecule has 0 spiro atoms. The summed E-state index contributed by atoms with van der Waals surface area (Å²) in [4.78, 5) is 20.5. The molecule has 174 valence electrons. The third-order valence-electron chi connectivity index (χ3n) is 5.44. The molecule has 3 aromatic rings. The maximum atomic E-state index is 12.9. The first-order valence-electron chi connectivity index (χ1n) is 10.5. The number of piperazine rings is 1. The van der Waals surface area contributed by atoms with Gasteiger partial charge in [-0.2, -0.15) is 18.2 Å². The summed E-state index contributed by atoms with van der Waals surface area (Å²) in [6, 6.07) is 12.3. The first-order valence-corrected chi connectivity index (χ1v) is 10.5. The van der Waals surface area contributed by atoms with Crippen LogP contribution in [0.4, 0.5) is 13.2 Å². The number of hydrogen-bond acceptors (Lipinski definition) is 6. The minimum atomic E-state index is -4.44. The third-order valence-corrected chi connectivity index (χ3v) is 5.44. The van der Waals surface area contributed by atoms with E-state index in [0.29, 0.717) is 44.4 Å². The number of alkyl halides is 3. The molecule has 0 atom stereocenters. The van der Waals surface area contributed by atoms with Gasteiger partial charge in [0.2, 0.25) is 11.7 Å². The Hall–Kier alpha value is -3.40. The van der Waals surface area contributed by atoms with Gasteiger partial charge < -0.3 is 14.2 Å². The highest BCUT2D eigenvalue weighted by Crippen LogP contribution is 2.31. The average Bonchev–Trinajstić information content (AvgIpc) is 3.27. The van der Waals surface area contributed by atoms with Gasteiger partial charge in [0.15, 0.2) is 6.61 Å². The molecule has 1 aliphatic heterocycles. The van der Waals surface area contributed by atoms with Crippen molar-refractivity contribution in [2.24, 2.45) is 0 Å². The van der Waals surface area contributed by atoms with Crippen molar-refractivity contribution < 1.29 is 27.2 Å². The number of rotatable bonds is 6. The fraction of sp³-hybridized carbons (Fsp3) is 0.348. The summed E-state index contributed by atoms with van der Waals surface area (Å²) in [6.45, 7) is 4.54. The average molecular weight is 460 g/mol. The van der Waals surface area contributed by atoms with Crippen LogP contribution in [0, 0.1) is 6.92 Å². The van der Waals surface area contributed by atoms with Crippen molar-refractivity contribution in [3.63, 3.8) is 0 Å². The number of carbonyl (C=O) groups excluding carboxylic acids is 1. The Morgan fingerprint density at radius 3 is 2.58 bits per heavy atom. The number of amides is 1. The molecule has 1 saturated heterocycles. The van der Waals surface area contributed by atoms with E-state index in [2.05, 4.69) is 15.0 Å². The highest BCUT2D eigenvalue weighted by atomic mass is 19.4. The van der Waals surface area contributed by atoms with E-state index < -0.39 is 11.7 Å². The quantitative estimate of drug-likeness (QED) is 0.558. The summed E-state index contributed by atoms with van der Waals surface area (Å²) < 4.78 is 49.7. The summed E-state index contributed by atoms with van der Waals surface area (Å²) in [7, 11) is 0. The number of hydrogen-bond donors (Lipinski definition) is 0. The molecule has 0 saturated carbocycles. The lowest BCUT2D eigenvalue weighted by molar-refractivity contribution is -0.137. The first kappa shape index (κ1) is 22.8. The van der Waals surface area contributed by atoms with Crippen LogP contribution in [0.1, 0.15) is 17.0 Å². The third kappa shape index (κ3) is 5.70. The summed E-state index contributed by atoms with van der Waals surface area (Å²) in [5.74, 6) is 1.03. The van der Waals surface area contributed by atoms with Crippen LogP contribution in [0.3, 0.4) is 0 Å². The van der Waals surface area contributed by atoms with Crippen LogP contribution in [-0.2, 0) is 17.5 Å². The lowest BCUT2D eigenvalue weighted by atomic mass is 10.1. The molecule has 10 heteroatoms. The highest BCUT2D eigenvalue weighted by molar-refractivity contribution is 5.78. The van der Waals surface area contributed by atoms with Gasteiger partial charge in [-0.25, -0.2) is 0 Å². The van der Waals surface area contributed by atoms with Gasteiger partial charge in [-0.05, 0) is 30.7 Å². The van der Waals surface area contributed by atoms with Crippen LogP contribution in [-0.4, -0.2) is 58.6 Å². The molecule has 0 radical (unpaired) electrons. The molecule has 0 bridgehead atoms. The van der Waals surface area contributed by atoms with Crippen molar-refractivity contribution in [3.05, 3.63) is 65.5 Å². The lowest BCUT2D eigenvalue weighted by Gasteiger charge is -2.33. The number of carbonyl (C=O) groups is 1. The van der Waals surface area contributed by atoms with E-state index in [1.54, 1.807) is 4.90 Å². The molecule has 1 aliphatic rings. The van der Waals surface area contributed by atoms with Gasteiger partial charge >= 0.3 is 6.18 Å². The van der Waals surface area contributed by atoms with Gasteiger partial charge in [-0.3, -0.25) is 9.69 Å². The van der Waals surface area contributed by atoms with Crippen molar-refractivity contribution in [3.8, 4) is 17.1 Å². The van der Waals surface area contributed by atoms with E-state index in [-0.39, 0.29) is 23.9 Å². The van der Waals surface area contributed by atoms with Crippen molar-refractivity contribution in [1.82, 2.24) is 19.9 Å². The Labute approximate surface area is 188 Å². The molecule has 4 rings (SSSR count). The van der Waals surface area contributed by atoms with Gasteiger partial charge in [0.25, 0.3) is 5.91 Å². The van der Waals surface area contributed by atoms with Crippen molar-refractivity contribution in [2.75, 3.05) is 32.8 Å². The molecule has 0 unspecified atom stereocenters. The summed E-state index contributed by atoms with van der Waals surface area (Å²) >= 11 is 0. The maximum absolute atomic E-state index is 12.9. The molecule has 1 amide bonds. The largest absolute Gasteiger partial charge is 0.484 e. The number of ether oxygens (including phenoxy) is 1. The predicted molar refractivity (Wildman–Crippen MR) is 113 cm³/mol. The number of aryl methyl sites for hydroxylation is 1. The highest BCUT2D eigenvalue weighted by Gasteiger charge is 2.31. The van der Waals surface area contributed by atoms with Gasteiger partial charge in [-0.15, -0.1) is 0 Å². The number of aromatic nitrogens is 2. The molecule has 33 heavy (non-hydrogen) atoms. The molecular formula is C23H23F3N4O3. The molecular weight excluding hydrogens is 437 g/mol. The lowest BCUT2D eigenvalue weighted by Crippen LogP contribution is -2.49. The van der Waals surface area contributed by atoms with Gasteiger partial charge in [0.1, 0.15) is 5.75 Å². The predicted octanol–water partition coefficient (Wildman–Crippen LogP) is 3.79. The van der Waals surface area contributed by atoms with Crippen LogP contribution in [0.15, 0.2) is 53.1 Å². The Bertz CT molecular complexity index is 1110. The van der Waals surface area contributed by atoms with Crippen LogP contribution >= 0.6 is 0 Å². The first-order chi connectivity index (χ1) is 15.8. The van der Waals surface area contributed by atoms with Crippen molar-refractivity contribution in [2.45, 2.75) is 19.6 Å². The van der Waals surface area contributed by atoms with Gasteiger partial charge in [0, 0.05) is 31.7 Å². The smallest absolute Gasteiger partial charge is 0.416 e. The SMILES string of the molecule is Cc1ccccc1OCC(=O)N1CCN(Cc2nc(-c3cccc(C(F)(F)F)c3)no2)CC1. The van der Waals surface area contributed by atoms with Crippen LogP contribution < -0.4 is 4.74 Å². The molecule has 0 aliphatic carbocycles. The fourth-order valence-corrected chi connectivity index (χ4v) is 3.57.